The van der Waals surface area contributed by atoms with Crippen molar-refractivity contribution in [2.24, 2.45) is 5.92 Å². The van der Waals surface area contributed by atoms with Gasteiger partial charge in [0.2, 0.25) is 0 Å². The van der Waals surface area contributed by atoms with Crippen molar-refractivity contribution in [3.63, 3.8) is 0 Å². The molecule has 0 N–H and O–H groups in total. The Morgan fingerprint density at radius 1 is 0.970 bits per heavy atom. The Hall–Kier alpha value is -2.74. The summed E-state index contributed by atoms with van der Waals surface area (Å²) in [6.45, 7) is 2.00. The van der Waals surface area contributed by atoms with Crippen molar-refractivity contribution in [1.82, 2.24) is 4.90 Å². The van der Waals surface area contributed by atoms with Crippen LogP contribution in [0.3, 0.4) is 0 Å². The van der Waals surface area contributed by atoms with Crippen molar-refractivity contribution >= 4 is 5.78 Å². The van der Waals surface area contributed by atoms with E-state index in [2.05, 4.69) is 4.90 Å². The van der Waals surface area contributed by atoms with Gasteiger partial charge >= 0.3 is 6.18 Å². The van der Waals surface area contributed by atoms with E-state index >= 15 is 0 Å². The smallest absolute Gasteiger partial charge is 0.419 e. The second kappa shape index (κ2) is 9.63. The monoisotopic (exact) mass is 463 g/mol. The Labute approximate surface area is 191 Å². The number of carbonyl (C=O) groups is 1. The molecule has 0 aromatic heterocycles. The van der Waals surface area contributed by atoms with E-state index in [0.717, 1.165) is 24.5 Å². The van der Waals surface area contributed by atoms with E-state index in [4.69, 9.17) is 14.2 Å². The predicted octanol–water partition coefficient (Wildman–Crippen LogP) is 5.01. The van der Waals surface area contributed by atoms with Crippen molar-refractivity contribution in [2.75, 3.05) is 33.9 Å². The molecular formula is C25H28F3NO4. The molecule has 1 unspecified atom stereocenters. The van der Waals surface area contributed by atoms with E-state index in [1.807, 2.05) is 6.07 Å². The number of para-hydroxylation sites is 1. The van der Waals surface area contributed by atoms with Gasteiger partial charge in [-0.2, -0.15) is 13.2 Å². The molecule has 5 nitrogen and oxygen atoms in total. The molecule has 1 fully saturated rings. The van der Waals surface area contributed by atoms with E-state index in [0.29, 0.717) is 49.5 Å². The molecule has 1 heterocycles. The van der Waals surface area contributed by atoms with Crippen molar-refractivity contribution in [3.05, 3.63) is 53.1 Å². The molecule has 2 aromatic carbocycles. The average Bonchev–Trinajstić information content (AvgIpc) is 2.81. The number of fused-ring (bicyclic) bond motifs is 1. The molecule has 0 amide bonds. The maximum atomic E-state index is 13.2. The van der Waals surface area contributed by atoms with Gasteiger partial charge < -0.3 is 19.1 Å². The lowest BCUT2D eigenvalue weighted by atomic mass is 9.82. The van der Waals surface area contributed by atoms with Crippen LogP contribution in [-0.2, 0) is 12.6 Å². The minimum atomic E-state index is -4.44. The first-order valence-corrected chi connectivity index (χ1v) is 11.1. The first kappa shape index (κ1) is 23.4. The van der Waals surface area contributed by atoms with E-state index in [-0.39, 0.29) is 23.6 Å². The number of aryl methyl sites for hydroxylation is 1. The van der Waals surface area contributed by atoms with Crippen molar-refractivity contribution in [3.8, 4) is 17.2 Å². The number of hydrogen-bond acceptors (Lipinski definition) is 5. The first-order chi connectivity index (χ1) is 15.8. The normalized spacial score (nSPS) is 19.8. The summed E-state index contributed by atoms with van der Waals surface area (Å²) in [5.41, 5.74) is 0.918. The van der Waals surface area contributed by atoms with Gasteiger partial charge in [-0.3, -0.25) is 4.79 Å². The molecule has 0 bridgehead atoms. The molecule has 1 aliphatic heterocycles. The number of Topliss-reactive ketones (excluding diaryl/α,β-unsaturated/α-hetero) is 1. The number of ketones is 1. The minimum Gasteiger partial charge on any atom is -0.493 e. The summed E-state index contributed by atoms with van der Waals surface area (Å²) in [4.78, 5) is 15.4. The third-order valence-electron chi connectivity index (χ3n) is 6.51. The van der Waals surface area contributed by atoms with Crippen LogP contribution in [0.1, 0.15) is 40.7 Å². The SMILES string of the molecule is COc1cc2c(cc1OC)C(=O)C(CN1CCC(Oc3ccccc3C(F)(F)F)CC1)CC2. The zero-order valence-corrected chi connectivity index (χ0v) is 18.8. The van der Waals surface area contributed by atoms with Gasteiger partial charge in [0.1, 0.15) is 11.9 Å². The molecular weight excluding hydrogens is 435 g/mol. The predicted molar refractivity (Wildman–Crippen MR) is 117 cm³/mol. The van der Waals surface area contributed by atoms with Crippen LogP contribution in [-0.4, -0.2) is 50.6 Å². The molecule has 1 aliphatic carbocycles. The largest absolute Gasteiger partial charge is 0.493 e. The van der Waals surface area contributed by atoms with Crippen LogP contribution >= 0.6 is 0 Å². The van der Waals surface area contributed by atoms with Crippen LogP contribution < -0.4 is 14.2 Å². The number of hydrogen-bond donors (Lipinski definition) is 0. The number of piperidine rings is 1. The van der Waals surface area contributed by atoms with Crippen molar-refractivity contribution in [1.29, 1.82) is 0 Å². The van der Waals surface area contributed by atoms with Gasteiger partial charge in [-0.1, -0.05) is 12.1 Å². The molecule has 178 valence electrons. The zero-order chi connectivity index (χ0) is 23.6. The molecule has 33 heavy (non-hydrogen) atoms. The molecule has 4 rings (SSSR count). The second-order valence-electron chi connectivity index (χ2n) is 8.58. The van der Waals surface area contributed by atoms with E-state index in [1.165, 1.54) is 12.1 Å². The second-order valence-corrected chi connectivity index (χ2v) is 8.58. The Morgan fingerprint density at radius 2 is 1.64 bits per heavy atom. The molecule has 0 spiro atoms. The summed E-state index contributed by atoms with van der Waals surface area (Å²) in [5.74, 6) is 1.04. The summed E-state index contributed by atoms with van der Waals surface area (Å²) in [6, 6.07) is 8.98. The van der Waals surface area contributed by atoms with Gasteiger partial charge in [-0.15, -0.1) is 0 Å². The third-order valence-corrected chi connectivity index (χ3v) is 6.51. The van der Waals surface area contributed by atoms with Crippen LogP contribution in [0.25, 0.3) is 0 Å². The van der Waals surface area contributed by atoms with Crippen molar-refractivity contribution in [2.45, 2.75) is 38.0 Å². The molecule has 1 atom stereocenters. The summed E-state index contributed by atoms with van der Waals surface area (Å²) < 4.78 is 56.1. The summed E-state index contributed by atoms with van der Waals surface area (Å²) in [7, 11) is 3.13. The quantitative estimate of drug-likeness (QED) is 0.603. The number of benzene rings is 2. The fourth-order valence-electron chi connectivity index (χ4n) is 4.72. The Morgan fingerprint density at radius 3 is 2.30 bits per heavy atom. The maximum Gasteiger partial charge on any atom is 0.419 e. The van der Waals surface area contributed by atoms with Crippen molar-refractivity contribution < 1.29 is 32.2 Å². The molecule has 2 aliphatic rings. The standard InChI is InChI=1S/C25H28F3NO4/c1-31-22-13-16-7-8-17(24(30)19(16)14-23(22)32-2)15-29-11-9-18(10-12-29)33-21-6-4-3-5-20(21)25(26,27)28/h3-6,13-14,17-18H,7-12,15H2,1-2H3. The van der Waals surface area contributed by atoms with E-state index < -0.39 is 11.7 Å². The number of likely N-dealkylation sites (tertiary alicyclic amines) is 1. The van der Waals surface area contributed by atoms with Gasteiger partial charge in [0.25, 0.3) is 0 Å². The number of ether oxygens (including phenoxy) is 3. The highest BCUT2D eigenvalue weighted by Crippen LogP contribution is 2.38. The number of halogens is 3. The number of alkyl halides is 3. The highest BCUT2D eigenvalue weighted by Gasteiger charge is 2.35. The van der Waals surface area contributed by atoms with Gasteiger partial charge in [-0.05, 0) is 55.5 Å². The topological polar surface area (TPSA) is 48.0 Å². The first-order valence-electron chi connectivity index (χ1n) is 11.1. The van der Waals surface area contributed by atoms with Crippen LogP contribution in [0.15, 0.2) is 36.4 Å². The highest BCUT2D eigenvalue weighted by atomic mass is 19.4. The molecule has 0 radical (unpaired) electrons. The van der Waals surface area contributed by atoms with Gasteiger partial charge in [0.15, 0.2) is 17.3 Å². The lowest BCUT2D eigenvalue weighted by Crippen LogP contribution is -2.43. The average molecular weight is 463 g/mol. The van der Waals surface area contributed by atoms with Crippen LogP contribution in [0.4, 0.5) is 13.2 Å². The van der Waals surface area contributed by atoms with Gasteiger partial charge in [0.05, 0.1) is 19.8 Å². The Bertz CT molecular complexity index is 1000. The lowest BCUT2D eigenvalue weighted by molar-refractivity contribution is -0.139. The summed E-state index contributed by atoms with van der Waals surface area (Å²) in [6.07, 6.45) is -1.92. The minimum absolute atomic E-state index is 0.106. The van der Waals surface area contributed by atoms with E-state index in [1.54, 1.807) is 26.4 Å². The maximum absolute atomic E-state index is 13.2. The van der Waals surface area contributed by atoms with E-state index in [9.17, 15) is 18.0 Å². The summed E-state index contributed by atoms with van der Waals surface area (Å²) in [5, 5.41) is 0. The van der Waals surface area contributed by atoms with Crippen LogP contribution in [0, 0.1) is 5.92 Å². The molecule has 1 saturated heterocycles. The van der Waals surface area contributed by atoms with Crippen LogP contribution in [0.5, 0.6) is 17.2 Å². The van der Waals surface area contributed by atoms with Gasteiger partial charge in [0, 0.05) is 31.1 Å². The third kappa shape index (κ3) is 5.11. The van der Waals surface area contributed by atoms with Crippen LogP contribution in [0.2, 0.25) is 0 Å². The zero-order valence-electron chi connectivity index (χ0n) is 18.8. The fourth-order valence-corrected chi connectivity index (χ4v) is 4.72. The number of rotatable bonds is 6. The summed E-state index contributed by atoms with van der Waals surface area (Å²) >= 11 is 0. The molecule has 8 heteroatoms. The molecule has 2 aromatic rings. The fraction of sp³-hybridized carbons (Fsp3) is 0.480. The number of carbonyl (C=O) groups excluding carboxylic acids is 1. The van der Waals surface area contributed by atoms with Gasteiger partial charge in [-0.25, -0.2) is 0 Å². The number of methoxy groups -OCH3 is 2. The Kier molecular flexibility index (Phi) is 6.83. The lowest BCUT2D eigenvalue weighted by Gasteiger charge is -2.35. The highest BCUT2D eigenvalue weighted by molar-refractivity contribution is 6.01. The Balaban J connectivity index is 1.35. The molecule has 0 saturated carbocycles. The number of nitrogens with zero attached hydrogens (tertiary/aromatic N) is 1.